The summed E-state index contributed by atoms with van der Waals surface area (Å²) in [6.45, 7) is 5.80. The molecule has 2 atom stereocenters. The minimum atomic E-state index is 0.574. The Labute approximate surface area is 119 Å². The van der Waals surface area contributed by atoms with Gasteiger partial charge in [-0.15, -0.1) is 5.10 Å². The summed E-state index contributed by atoms with van der Waals surface area (Å²) in [4.78, 5) is 2.74. The van der Waals surface area contributed by atoms with Gasteiger partial charge in [0, 0.05) is 30.6 Å². The van der Waals surface area contributed by atoms with Gasteiger partial charge in [-0.3, -0.25) is 0 Å². The number of hydrogen-bond acceptors (Lipinski definition) is 5. The smallest absolute Gasteiger partial charge is 0.0893 e. The van der Waals surface area contributed by atoms with Crippen LogP contribution in [0.25, 0.3) is 0 Å². The summed E-state index contributed by atoms with van der Waals surface area (Å²) in [5.41, 5.74) is 1.07. The van der Waals surface area contributed by atoms with Gasteiger partial charge in [0.25, 0.3) is 0 Å². The molecule has 0 amide bonds. The van der Waals surface area contributed by atoms with Crippen LogP contribution in [0.15, 0.2) is 5.38 Å². The van der Waals surface area contributed by atoms with E-state index in [2.05, 4.69) is 26.7 Å². The first-order valence-electron chi connectivity index (χ1n) is 7.56. The Balaban J connectivity index is 1.47. The first-order chi connectivity index (χ1) is 9.33. The molecule has 1 aliphatic carbocycles. The second-order valence-electron chi connectivity index (χ2n) is 6.05. The van der Waals surface area contributed by atoms with Crippen LogP contribution in [-0.4, -0.2) is 39.7 Å². The molecule has 1 aromatic heterocycles. The van der Waals surface area contributed by atoms with Crippen LogP contribution in [0.2, 0.25) is 0 Å². The average Bonchev–Trinajstić information content (AvgIpc) is 2.87. The van der Waals surface area contributed by atoms with Gasteiger partial charge >= 0.3 is 0 Å². The molecule has 0 unspecified atom stereocenters. The quantitative estimate of drug-likeness (QED) is 0.898. The van der Waals surface area contributed by atoms with Crippen LogP contribution in [-0.2, 0) is 6.54 Å². The van der Waals surface area contributed by atoms with Crippen molar-refractivity contribution in [1.29, 1.82) is 0 Å². The van der Waals surface area contributed by atoms with Crippen molar-refractivity contribution >= 4 is 11.5 Å². The van der Waals surface area contributed by atoms with Gasteiger partial charge in [0.2, 0.25) is 0 Å². The molecule has 0 spiro atoms. The second-order valence-corrected chi connectivity index (χ2v) is 6.66. The van der Waals surface area contributed by atoms with Crippen molar-refractivity contribution in [1.82, 2.24) is 19.8 Å². The molecule has 1 aromatic rings. The van der Waals surface area contributed by atoms with Gasteiger partial charge in [-0.05, 0) is 56.6 Å². The highest BCUT2D eigenvalue weighted by Crippen LogP contribution is 2.30. The van der Waals surface area contributed by atoms with E-state index in [1.807, 2.05) is 5.38 Å². The van der Waals surface area contributed by atoms with Crippen molar-refractivity contribution in [3.05, 3.63) is 11.1 Å². The predicted molar refractivity (Wildman–Crippen MR) is 78.1 cm³/mol. The summed E-state index contributed by atoms with van der Waals surface area (Å²) in [6.07, 6.45) is 7.03. The Morgan fingerprint density at radius 3 is 3.00 bits per heavy atom. The third kappa shape index (κ3) is 3.33. The van der Waals surface area contributed by atoms with Gasteiger partial charge in [0.15, 0.2) is 0 Å². The van der Waals surface area contributed by atoms with Gasteiger partial charge in [0.1, 0.15) is 0 Å². The molecule has 1 saturated heterocycles. The lowest BCUT2D eigenvalue weighted by atomic mass is 9.85. The molecular weight excluding hydrogens is 256 g/mol. The topological polar surface area (TPSA) is 41.1 Å². The second kappa shape index (κ2) is 6.29. The number of nitrogens with zero attached hydrogens (tertiary/aromatic N) is 3. The van der Waals surface area contributed by atoms with Crippen LogP contribution in [0, 0.1) is 5.92 Å². The van der Waals surface area contributed by atoms with Crippen molar-refractivity contribution in [3.8, 4) is 0 Å². The highest BCUT2D eigenvalue weighted by Gasteiger charge is 2.31. The summed E-state index contributed by atoms with van der Waals surface area (Å²) in [7, 11) is 0. The minimum absolute atomic E-state index is 0.574. The standard InChI is InChI=1S/C14H24N4S/c1-11(15-8-13-10-19-17-16-13)12-4-3-7-18(9-12)14-5-2-6-14/h10-12,14-15H,2-9H2,1H3/t11-,12-/m1/s1. The molecule has 0 radical (unpaired) electrons. The van der Waals surface area contributed by atoms with E-state index in [0.717, 1.165) is 24.2 Å². The molecule has 2 fully saturated rings. The molecule has 106 valence electrons. The van der Waals surface area contributed by atoms with E-state index in [0.29, 0.717) is 6.04 Å². The van der Waals surface area contributed by atoms with E-state index in [1.54, 1.807) is 0 Å². The third-order valence-corrected chi connectivity index (χ3v) is 5.35. The highest BCUT2D eigenvalue weighted by molar-refractivity contribution is 7.03. The van der Waals surface area contributed by atoms with Gasteiger partial charge in [-0.25, -0.2) is 0 Å². The van der Waals surface area contributed by atoms with Crippen molar-refractivity contribution in [2.75, 3.05) is 13.1 Å². The summed E-state index contributed by atoms with van der Waals surface area (Å²) in [5.74, 6) is 0.793. The van der Waals surface area contributed by atoms with E-state index in [-0.39, 0.29) is 0 Å². The molecule has 1 saturated carbocycles. The number of aromatic nitrogens is 2. The van der Waals surface area contributed by atoms with Crippen molar-refractivity contribution in [3.63, 3.8) is 0 Å². The zero-order valence-electron chi connectivity index (χ0n) is 11.7. The molecule has 3 rings (SSSR count). The molecule has 0 aromatic carbocycles. The van der Waals surface area contributed by atoms with Gasteiger partial charge < -0.3 is 10.2 Å². The normalized spacial score (nSPS) is 27.1. The first-order valence-corrected chi connectivity index (χ1v) is 8.40. The minimum Gasteiger partial charge on any atom is -0.308 e. The van der Waals surface area contributed by atoms with E-state index >= 15 is 0 Å². The highest BCUT2D eigenvalue weighted by atomic mass is 32.1. The molecule has 5 heteroatoms. The van der Waals surface area contributed by atoms with Crippen LogP contribution in [0.5, 0.6) is 0 Å². The number of hydrogen-bond donors (Lipinski definition) is 1. The zero-order valence-corrected chi connectivity index (χ0v) is 12.5. The SMILES string of the molecule is C[C@@H](NCc1csnn1)[C@@H]1CCCN(C2CCC2)C1. The molecule has 1 aliphatic heterocycles. The van der Waals surface area contributed by atoms with E-state index < -0.39 is 0 Å². The predicted octanol–water partition coefficient (Wildman–Crippen LogP) is 2.28. The Kier molecular flexibility index (Phi) is 4.45. The Hall–Kier alpha value is -0.520. The maximum Gasteiger partial charge on any atom is 0.0893 e. The molecule has 19 heavy (non-hydrogen) atoms. The van der Waals surface area contributed by atoms with Crippen LogP contribution >= 0.6 is 11.5 Å². The molecule has 0 bridgehead atoms. The lowest BCUT2D eigenvalue weighted by Crippen LogP contribution is -2.49. The van der Waals surface area contributed by atoms with Crippen molar-refractivity contribution in [2.45, 2.75) is 57.7 Å². The van der Waals surface area contributed by atoms with Crippen LogP contribution in [0.3, 0.4) is 0 Å². The average molecular weight is 280 g/mol. The van der Waals surface area contributed by atoms with E-state index in [1.165, 1.54) is 56.7 Å². The summed E-state index contributed by atoms with van der Waals surface area (Å²) >= 11 is 1.43. The summed E-state index contributed by atoms with van der Waals surface area (Å²) in [6, 6.07) is 1.47. The fourth-order valence-electron chi connectivity index (χ4n) is 3.23. The third-order valence-electron chi connectivity index (χ3n) is 4.80. The lowest BCUT2D eigenvalue weighted by molar-refractivity contribution is 0.0665. The number of rotatable bonds is 5. The molecule has 2 heterocycles. The van der Waals surface area contributed by atoms with Crippen molar-refractivity contribution in [2.24, 2.45) is 5.92 Å². The first kappa shape index (κ1) is 13.5. The summed E-state index contributed by atoms with van der Waals surface area (Å²) in [5, 5.41) is 9.75. The lowest BCUT2D eigenvalue weighted by Gasteiger charge is -2.44. The Morgan fingerprint density at radius 1 is 1.42 bits per heavy atom. The molecule has 4 nitrogen and oxygen atoms in total. The summed E-state index contributed by atoms with van der Waals surface area (Å²) < 4.78 is 3.91. The van der Waals surface area contributed by atoms with Crippen molar-refractivity contribution < 1.29 is 0 Å². The van der Waals surface area contributed by atoms with Gasteiger partial charge in [-0.1, -0.05) is 10.9 Å². The monoisotopic (exact) mass is 280 g/mol. The maximum absolute atomic E-state index is 4.09. The Bertz CT molecular complexity index is 377. The van der Waals surface area contributed by atoms with Crippen LogP contribution in [0.1, 0.15) is 44.7 Å². The van der Waals surface area contributed by atoms with Crippen LogP contribution < -0.4 is 5.32 Å². The van der Waals surface area contributed by atoms with Gasteiger partial charge in [-0.2, -0.15) is 0 Å². The maximum atomic E-state index is 4.09. The molecule has 1 N–H and O–H groups in total. The largest absolute Gasteiger partial charge is 0.308 e. The number of piperidine rings is 1. The zero-order chi connectivity index (χ0) is 13.1. The number of likely N-dealkylation sites (tertiary alicyclic amines) is 1. The van der Waals surface area contributed by atoms with Gasteiger partial charge in [0.05, 0.1) is 5.69 Å². The van der Waals surface area contributed by atoms with E-state index in [4.69, 9.17) is 0 Å². The fourth-order valence-corrected chi connectivity index (χ4v) is 3.68. The van der Waals surface area contributed by atoms with Crippen LogP contribution in [0.4, 0.5) is 0 Å². The molecule has 2 aliphatic rings. The fraction of sp³-hybridized carbons (Fsp3) is 0.857. The number of nitrogens with one attached hydrogen (secondary N) is 1. The van der Waals surface area contributed by atoms with E-state index in [9.17, 15) is 0 Å². The molecular formula is C14H24N4S. The Morgan fingerprint density at radius 2 is 2.32 bits per heavy atom.